The van der Waals surface area contributed by atoms with Gasteiger partial charge in [0.1, 0.15) is 0 Å². The summed E-state index contributed by atoms with van der Waals surface area (Å²) in [6.07, 6.45) is -5.19. The number of piperazine rings is 1. The first kappa shape index (κ1) is 15.9. The lowest BCUT2D eigenvalue weighted by Gasteiger charge is -2.35. The Hall–Kier alpha value is -1.47. The standard InChI is InChI=1S/C14H19F3N2O2/c1-21-13-3-2-10(8-12(13)20)11(9-14(15,16)17)19-6-4-18-5-7-19/h2-3,8,11,18,20H,4-7,9H2,1H3/t11-/m0/s1. The molecule has 0 aliphatic carbocycles. The van der Waals surface area contributed by atoms with E-state index in [9.17, 15) is 18.3 Å². The molecule has 2 rings (SSSR count). The number of benzene rings is 1. The number of hydrogen-bond donors (Lipinski definition) is 2. The number of ether oxygens (including phenoxy) is 1. The van der Waals surface area contributed by atoms with Gasteiger partial charge in [0.2, 0.25) is 0 Å². The molecule has 1 aliphatic rings. The minimum absolute atomic E-state index is 0.141. The minimum atomic E-state index is -4.26. The summed E-state index contributed by atoms with van der Waals surface area (Å²) in [4.78, 5) is 1.80. The van der Waals surface area contributed by atoms with Crippen molar-refractivity contribution >= 4 is 0 Å². The van der Waals surface area contributed by atoms with Gasteiger partial charge in [-0.1, -0.05) is 6.07 Å². The second-order valence-corrected chi connectivity index (χ2v) is 5.05. The predicted octanol–water partition coefficient (Wildman–Crippen LogP) is 2.30. The van der Waals surface area contributed by atoms with E-state index >= 15 is 0 Å². The van der Waals surface area contributed by atoms with Gasteiger partial charge in [-0.25, -0.2) is 0 Å². The predicted molar refractivity (Wildman–Crippen MR) is 72.5 cm³/mol. The van der Waals surface area contributed by atoms with Gasteiger partial charge in [-0.2, -0.15) is 13.2 Å². The molecule has 1 aromatic carbocycles. The van der Waals surface area contributed by atoms with Gasteiger partial charge in [-0.3, -0.25) is 4.90 Å². The summed E-state index contributed by atoms with van der Waals surface area (Å²) >= 11 is 0. The molecule has 7 heteroatoms. The summed E-state index contributed by atoms with van der Waals surface area (Å²) in [5.41, 5.74) is 0.451. The lowest BCUT2D eigenvalue weighted by Crippen LogP contribution is -2.46. The average molecular weight is 304 g/mol. The maximum atomic E-state index is 12.9. The van der Waals surface area contributed by atoms with Crippen molar-refractivity contribution in [2.45, 2.75) is 18.6 Å². The van der Waals surface area contributed by atoms with Crippen LogP contribution >= 0.6 is 0 Å². The Labute approximate surface area is 121 Å². The number of rotatable bonds is 4. The largest absolute Gasteiger partial charge is 0.504 e. The van der Waals surface area contributed by atoms with Crippen molar-refractivity contribution in [3.05, 3.63) is 23.8 Å². The van der Waals surface area contributed by atoms with Gasteiger partial charge in [0.25, 0.3) is 0 Å². The number of nitrogens with zero attached hydrogens (tertiary/aromatic N) is 1. The zero-order valence-corrected chi connectivity index (χ0v) is 11.8. The van der Waals surface area contributed by atoms with Crippen molar-refractivity contribution in [1.82, 2.24) is 10.2 Å². The number of halogens is 3. The van der Waals surface area contributed by atoms with Crippen LogP contribution in [0.3, 0.4) is 0 Å². The smallest absolute Gasteiger partial charge is 0.390 e. The summed E-state index contributed by atoms with van der Waals surface area (Å²) in [5.74, 6) is 0.113. The molecular weight excluding hydrogens is 285 g/mol. The van der Waals surface area contributed by atoms with E-state index in [1.807, 2.05) is 0 Å². The molecule has 1 aliphatic heterocycles. The number of nitrogens with one attached hydrogen (secondary N) is 1. The van der Waals surface area contributed by atoms with Crippen LogP contribution in [0.15, 0.2) is 18.2 Å². The first-order valence-corrected chi connectivity index (χ1v) is 6.79. The SMILES string of the molecule is COc1ccc([C@H](CC(F)(F)F)N2CCNCC2)cc1O. The third-order valence-electron chi connectivity index (χ3n) is 3.60. The highest BCUT2D eigenvalue weighted by Gasteiger charge is 2.36. The number of aromatic hydroxyl groups is 1. The van der Waals surface area contributed by atoms with E-state index in [4.69, 9.17) is 4.74 Å². The molecule has 0 spiro atoms. The van der Waals surface area contributed by atoms with Crippen molar-refractivity contribution in [1.29, 1.82) is 0 Å². The van der Waals surface area contributed by atoms with Crippen LogP contribution in [0.1, 0.15) is 18.0 Å². The number of hydrogen-bond acceptors (Lipinski definition) is 4. The summed E-state index contributed by atoms with van der Waals surface area (Å²) in [7, 11) is 1.40. The Kier molecular flexibility index (Phi) is 4.95. The second-order valence-electron chi connectivity index (χ2n) is 5.05. The molecule has 1 fully saturated rings. The van der Waals surface area contributed by atoms with E-state index in [0.717, 1.165) is 0 Å². The van der Waals surface area contributed by atoms with E-state index < -0.39 is 18.6 Å². The van der Waals surface area contributed by atoms with E-state index in [2.05, 4.69) is 5.32 Å². The van der Waals surface area contributed by atoms with E-state index in [1.165, 1.54) is 19.2 Å². The van der Waals surface area contributed by atoms with Crippen molar-refractivity contribution in [3.8, 4) is 11.5 Å². The number of alkyl halides is 3. The normalized spacial score (nSPS) is 18.5. The molecule has 1 atom stereocenters. The second kappa shape index (κ2) is 6.53. The average Bonchev–Trinajstić information content (AvgIpc) is 2.45. The van der Waals surface area contributed by atoms with Crippen LogP contribution < -0.4 is 10.1 Å². The first-order valence-electron chi connectivity index (χ1n) is 6.79. The maximum Gasteiger partial charge on any atom is 0.390 e. The fraction of sp³-hybridized carbons (Fsp3) is 0.571. The van der Waals surface area contributed by atoms with Crippen molar-refractivity contribution in [3.63, 3.8) is 0 Å². The molecule has 0 bridgehead atoms. The highest BCUT2D eigenvalue weighted by molar-refractivity contribution is 5.42. The Morgan fingerprint density at radius 2 is 2.00 bits per heavy atom. The summed E-state index contributed by atoms with van der Waals surface area (Å²) in [6, 6.07) is 3.65. The number of methoxy groups -OCH3 is 1. The van der Waals surface area contributed by atoms with E-state index in [-0.39, 0.29) is 11.5 Å². The van der Waals surface area contributed by atoms with Gasteiger partial charge in [-0.05, 0) is 17.7 Å². The van der Waals surface area contributed by atoms with Gasteiger partial charge in [-0.15, -0.1) is 0 Å². The van der Waals surface area contributed by atoms with E-state index in [0.29, 0.717) is 31.7 Å². The summed E-state index contributed by atoms with van der Waals surface area (Å²) in [5, 5.41) is 12.9. The highest BCUT2D eigenvalue weighted by atomic mass is 19.4. The molecule has 0 radical (unpaired) electrons. The third kappa shape index (κ3) is 4.25. The van der Waals surface area contributed by atoms with Crippen LogP contribution in [0.2, 0.25) is 0 Å². The Balaban J connectivity index is 2.27. The van der Waals surface area contributed by atoms with Crippen LogP contribution in [0.25, 0.3) is 0 Å². The highest BCUT2D eigenvalue weighted by Crippen LogP contribution is 2.37. The topological polar surface area (TPSA) is 44.7 Å². The molecule has 2 N–H and O–H groups in total. The molecule has 118 valence electrons. The molecule has 1 aromatic rings. The molecule has 21 heavy (non-hydrogen) atoms. The lowest BCUT2D eigenvalue weighted by atomic mass is 10.00. The minimum Gasteiger partial charge on any atom is -0.504 e. The maximum absolute atomic E-state index is 12.9. The molecule has 1 saturated heterocycles. The molecule has 4 nitrogen and oxygen atoms in total. The van der Waals surface area contributed by atoms with E-state index in [1.54, 1.807) is 11.0 Å². The van der Waals surface area contributed by atoms with Crippen molar-refractivity contribution < 1.29 is 23.0 Å². The van der Waals surface area contributed by atoms with Gasteiger partial charge < -0.3 is 15.2 Å². The molecule has 0 amide bonds. The fourth-order valence-electron chi connectivity index (χ4n) is 2.59. The Morgan fingerprint density at radius 3 is 2.52 bits per heavy atom. The van der Waals surface area contributed by atoms with Crippen LogP contribution in [0, 0.1) is 0 Å². The first-order chi connectivity index (χ1) is 9.90. The van der Waals surface area contributed by atoms with Gasteiger partial charge in [0.15, 0.2) is 11.5 Å². The fourth-order valence-corrected chi connectivity index (χ4v) is 2.59. The Morgan fingerprint density at radius 1 is 1.33 bits per heavy atom. The third-order valence-corrected chi connectivity index (χ3v) is 3.60. The quantitative estimate of drug-likeness (QED) is 0.896. The molecule has 0 saturated carbocycles. The molecule has 0 unspecified atom stereocenters. The lowest BCUT2D eigenvalue weighted by molar-refractivity contribution is -0.148. The number of phenols is 1. The summed E-state index contributed by atoms with van der Waals surface area (Å²) in [6.45, 7) is 2.42. The van der Waals surface area contributed by atoms with Gasteiger partial charge in [0, 0.05) is 32.2 Å². The summed E-state index contributed by atoms with van der Waals surface area (Å²) < 4.78 is 43.5. The van der Waals surface area contributed by atoms with Gasteiger partial charge in [0.05, 0.1) is 13.5 Å². The molecule has 1 heterocycles. The van der Waals surface area contributed by atoms with Crippen LogP contribution in [-0.4, -0.2) is 49.5 Å². The molecule has 0 aromatic heterocycles. The zero-order chi connectivity index (χ0) is 15.5. The van der Waals surface area contributed by atoms with Crippen LogP contribution in [0.5, 0.6) is 11.5 Å². The zero-order valence-electron chi connectivity index (χ0n) is 11.8. The van der Waals surface area contributed by atoms with Gasteiger partial charge >= 0.3 is 6.18 Å². The van der Waals surface area contributed by atoms with Crippen molar-refractivity contribution in [2.24, 2.45) is 0 Å². The van der Waals surface area contributed by atoms with Crippen LogP contribution in [-0.2, 0) is 0 Å². The monoisotopic (exact) mass is 304 g/mol. The van der Waals surface area contributed by atoms with Crippen LogP contribution in [0.4, 0.5) is 13.2 Å². The Bertz CT molecular complexity index is 474. The molecular formula is C14H19F3N2O2. The van der Waals surface area contributed by atoms with Crippen molar-refractivity contribution in [2.75, 3.05) is 33.3 Å². The number of phenolic OH excluding ortho intramolecular Hbond substituents is 1.